The number of amides is 1. The first kappa shape index (κ1) is 17.4. The van der Waals surface area contributed by atoms with Crippen molar-refractivity contribution in [2.24, 2.45) is 0 Å². The monoisotopic (exact) mass is 340 g/mol. The smallest absolute Gasteiger partial charge is 0.269 e. The predicted octanol–water partition coefficient (Wildman–Crippen LogP) is 2.20. The molecule has 6 heteroatoms. The van der Waals surface area contributed by atoms with Crippen LogP contribution < -0.4 is 10.6 Å². The van der Waals surface area contributed by atoms with Gasteiger partial charge in [0.05, 0.1) is 13.2 Å². The summed E-state index contributed by atoms with van der Waals surface area (Å²) >= 11 is 0. The number of nitrogens with one attached hydrogen (secondary N) is 2. The molecule has 0 bridgehead atoms. The van der Waals surface area contributed by atoms with Crippen molar-refractivity contribution in [2.75, 3.05) is 44.7 Å². The van der Waals surface area contributed by atoms with Gasteiger partial charge in [0.2, 0.25) is 0 Å². The minimum Gasteiger partial charge on any atom is -0.379 e. The molecule has 132 valence electrons. The van der Waals surface area contributed by atoms with Crippen LogP contribution in [-0.2, 0) is 4.74 Å². The molecule has 1 fully saturated rings. The van der Waals surface area contributed by atoms with Crippen LogP contribution >= 0.6 is 0 Å². The van der Waals surface area contributed by atoms with Gasteiger partial charge in [-0.25, -0.2) is 0 Å². The number of ether oxygens (including phenoxy) is 1. The number of nitrogens with zero attached hydrogens (tertiary/aromatic N) is 2. The van der Waals surface area contributed by atoms with Gasteiger partial charge >= 0.3 is 0 Å². The van der Waals surface area contributed by atoms with Gasteiger partial charge in [-0.2, -0.15) is 0 Å². The molecule has 1 aliphatic rings. The summed E-state index contributed by atoms with van der Waals surface area (Å²) in [4.78, 5) is 18.8. The lowest BCUT2D eigenvalue weighted by Gasteiger charge is -2.26. The SMILES string of the molecule is Cc1ccccc1Nc1ccnc(C(=O)NCCN2CCOCC2)c1. The van der Waals surface area contributed by atoms with Crippen LogP contribution in [0, 0.1) is 6.92 Å². The Morgan fingerprint density at radius 2 is 2.04 bits per heavy atom. The van der Waals surface area contributed by atoms with Crippen molar-refractivity contribution < 1.29 is 9.53 Å². The molecule has 0 spiro atoms. The molecule has 2 heterocycles. The van der Waals surface area contributed by atoms with E-state index in [0.717, 1.165) is 49.8 Å². The summed E-state index contributed by atoms with van der Waals surface area (Å²) < 4.78 is 5.32. The largest absolute Gasteiger partial charge is 0.379 e. The zero-order valence-electron chi connectivity index (χ0n) is 14.5. The van der Waals surface area contributed by atoms with Crippen LogP contribution in [0.4, 0.5) is 11.4 Å². The number of pyridine rings is 1. The zero-order chi connectivity index (χ0) is 17.5. The maximum absolute atomic E-state index is 12.3. The van der Waals surface area contributed by atoms with Crippen LogP contribution in [0.15, 0.2) is 42.6 Å². The van der Waals surface area contributed by atoms with Gasteiger partial charge in [-0.05, 0) is 30.7 Å². The predicted molar refractivity (Wildman–Crippen MR) is 98.3 cm³/mol. The summed E-state index contributed by atoms with van der Waals surface area (Å²) in [5.41, 5.74) is 3.44. The quantitative estimate of drug-likeness (QED) is 0.844. The van der Waals surface area contributed by atoms with Crippen molar-refractivity contribution in [3.63, 3.8) is 0 Å². The molecule has 1 saturated heterocycles. The number of morpholine rings is 1. The van der Waals surface area contributed by atoms with Crippen molar-refractivity contribution in [1.29, 1.82) is 0 Å². The molecule has 6 nitrogen and oxygen atoms in total. The number of benzene rings is 1. The Bertz CT molecular complexity index is 714. The van der Waals surface area contributed by atoms with Gasteiger partial charge in [0.15, 0.2) is 0 Å². The second kappa shape index (κ2) is 8.60. The third-order valence-electron chi connectivity index (χ3n) is 4.23. The average molecular weight is 340 g/mol. The van der Waals surface area contributed by atoms with Crippen LogP contribution in [0.1, 0.15) is 16.1 Å². The number of hydrogen-bond donors (Lipinski definition) is 2. The minimum absolute atomic E-state index is 0.151. The van der Waals surface area contributed by atoms with Crippen LogP contribution in [0.25, 0.3) is 0 Å². The molecular weight excluding hydrogens is 316 g/mol. The highest BCUT2D eigenvalue weighted by molar-refractivity contribution is 5.93. The number of carbonyl (C=O) groups is 1. The van der Waals surface area contributed by atoms with Crippen molar-refractivity contribution in [2.45, 2.75) is 6.92 Å². The van der Waals surface area contributed by atoms with Crippen molar-refractivity contribution in [3.05, 3.63) is 53.9 Å². The lowest BCUT2D eigenvalue weighted by Crippen LogP contribution is -2.41. The van der Waals surface area contributed by atoms with Gasteiger partial charge in [-0.1, -0.05) is 18.2 Å². The van der Waals surface area contributed by atoms with Crippen LogP contribution in [0.2, 0.25) is 0 Å². The molecule has 25 heavy (non-hydrogen) atoms. The van der Waals surface area contributed by atoms with Gasteiger partial charge < -0.3 is 15.4 Å². The first-order chi connectivity index (χ1) is 12.2. The van der Waals surface area contributed by atoms with E-state index in [9.17, 15) is 4.79 Å². The Kier molecular flexibility index (Phi) is 5.98. The highest BCUT2D eigenvalue weighted by atomic mass is 16.5. The Balaban J connectivity index is 1.55. The Morgan fingerprint density at radius 1 is 1.24 bits per heavy atom. The molecule has 3 rings (SSSR count). The van der Waals surface area contributed by atoms with E-state index in [1.54, 1.807) is 12.3 Å². The summed E-state index contributed by atoms with van der Waals surface area (Å²) in [6.45, 7) is 6.85. The number of aryl methyl sites for hydroxylation is 1. The second-order valence-electron chi connectivity index (χ2n) is 6.08. The molecule has 0 unspecified atom stereocenters. The fourth-order valence-corrected chi connectivity index (χ4v) is 2.74. The van der Waals surface area contributed by atoms with Crippen LogP contribution in [0.5, 0.6) is 0 Å². The average Bonchev–Trinajstić information content (AvgIpc) is 2.65. The summed E-state index contributed by atoms with van der Waals surface area (Å²) in [5.74, 6) is -0.151. The van der Waals surface area contributed by atoms with E-state index >= 15 is 0 Å². The van der Waals surface area contributed by atoms with Crippen molar-refractivity contribution in [3.8, 4) is 0 Å². The van der Waals surface area contributed by atoms with Crippen molar-refractivity contribution >= 4 is 17.3 Å². The fraction of sp³-hybridized carbons (Fsp3) is 0.368. The van der Waals surface area contributed by atoms with Crippen LogP contribution in [-0.4, -0.2) is 55.2 Å². The maximum atomic E-state index is 12.3. The number of hydrogen-bond acceptors (Lipinski definition) is 5. The molecule has 1 aliphatic heterocycles. The lowest BCUT2D eigenvalue weighted by atomic mass is 10.2. The molecule has 0 atom stereocenters. The highest BCUT2D eigenvalue weighted by Crippen LogP contribution is 2.20. The summed E-state index contributed by atoms with van der Waals surface area (Å²) in [6.07, 6.45) is 1.65. The normalized spacial score (nSPS) is 14.9. The minimum atomic E-state index is -0.151. The topological polar surface area (TPSA) is 66.5 Å². The molecule has 1 aromatic heterocycles. The van der Waals surface area contributed by atoms with Crippen molar-refractivity contribution in [1.82, 2.24) is 15.2 Å². The standard InChI is InChI=1S/C19H24N4O2/c1-15-4-2-3-5-17(15)22-16-6-7-20-18(14-16)19(24)21-8-9-23-10-12-25-13-11-23/h2-7,14H,8-13H2,1H3,(H,20,22)(H,21,24). The maximum Gasteiger partial charge on any atom is 0.269 e. The second-order valence-corrected chi connectivity index (χ2v) is 6.08. The third-order valence-corrected chi connectivity index (χ3v) is 4.23. The Morgan fingerprint density at radius 3 is 2.84 bits per heavy atom. The van der Waals surface area contributed by atoms with Gasteiger partial charge in [0.1, 0.15) is 5.69 Å². The molecule has 0 saturated carbocycles. The Labute approximate surface area is 148 Å². The van der Waals surface area contributed by atoms with E-state index in [2.05, 4.69) is 20.5 Å². The first-order valence-electron chi connectivity index (χ1n) is 8.59. The van der Waals surface area contributed by atoms with E-state index in [4.69, 9.17) is 4.74 Å². The Hall–Kier alpha value is -2.44. The number of para-hydroxylation sites is 1. The number of anilines is 2. The molecule has 1 amide bonds. The van der Waals surface area contributed by atoms with E-state index in [1.807, 2.05) is 37.3 Å². The number of carbonyl (C=O) groups excluding carboxylic acids is 1. The molecule has 0 radical (unpaired) electrons. The number of aromatic nitrogens is 1. The van der Waals surface area contributed by atoms with E-state index in [1.165, 1.54) is 0 Å². The molecule has 0 aliphatic carbocycles. The third kappa shape index (κ3) is 5.01. The lowest BCUT2D eigenvalue weighted by molar-refractivity contribution is 0.0383. The van der Waals surface area contributed by atoms with Gasteiger partial charge in [-0.15, -0.1) is 0 Å². The summed E-state index contributed by atoms with van der Waals surface area (Å²) in [6, 6.07) is 11.7. The van der Waals surface area contributed by atoms with Gasteiger partial charge in [0, 0.05) is 43.8 Å². The highest BCUT2D eigenvalue weighted by Gasteiger charge is 2.12. The fourth-order valence-electron chi connectivity index (χ4n) is 2.74. The molecule has 2 aromatic rings. The first-order valence-corrected chi connectivity index (χ1v) is 8.59. The summed E-state index contributed by atoms with van der Waals surface area (Å²) in [7, 11) is 0. The summed E-state index contributed by atoms with van der Waals surface area (Å²) in [5, 5.41) is 6.27. The molecule has 1 aromatic carbocycles. The zero-order valence-corrected chi connectivity index (χ0v) is 14.5. The molecular formula is C19H24N4O2. The molecule has 2 N–H and O–H groups in total. The van der Waals surface area contributed by atoms with E-state index in [0.29, 0.717) is 12.2 Å². The number of rotatable bonds is 6. The van der Waals surface area contributed by atoms with Crippen LogP contribution in [0.3, 0.4) is 0 Å². The van der Waals surface area contributed by atoms with Gasteiger partial charge in [0.25, 0.3) is 5.91 Å². The van der Waals surface area contributed by atoms with E-state index in [-0.39, 0.29) is 5.91 Å². The van der Waals surface area contributed by atoms with E-state index < -0.39 is 0 Å². The van der Waals surface area contributed by atoms with Gasteiger partial charge in [-0.3, -0.25) is 14.7 Å².